The van der Waals surface area contributed by atoms with Crippen LogP contribution in [0.15, 0.2) is 72.8 Å². The molecule has 2 heterocycles. The van der Waals surface area contributed by atoms with Gasteiger partial charge in [0.25, 0.3) is 0 Å². The Bertz CT molecular complexity index is 1610. The van der Waals surface area contributed by atoms with Crippen LogP contribution in [-0.2, 0) is 6.30 Å². The number of tetrazole rings is 1. The van der Waals surface area contributed by atoms with Gasteiger partial charge in [0, 0.05) is 22.4 Å². The van der Waals surface area contributed by atoms with Gasteiger partial charge in [0.1, 0.15) is 0 Å². The fourth-order valence-electron chi connectivity index (χ4n) is 4.58. The molecule has 0 amide bonds. The molecule has 0 atom stereocenters. The molecule has 0 fully saturated rings. The van der Waals surface area contributed by atoms with Crippen LogP contribution in [0.25, 0.3) is 44.8 Å². The summed E-state index contributed by atoms with van der Waals surface area (Å²) >= 11 is 0. The van der Waals surface area contributed by atoms with E-state index >= 15 is 0 Å². The van der Waals surface area contributed by atoms with Crippen molar-refractivity contribution in [3.05, 3.63) is 89.6 Å². The molecule has 0 bridgehead atoms. The second kappa shape index (κ2) is 9.74. The summed E-state index contributed by atoms with van der Waals surface area (Å²) < 4.78 is 44.6. The molecular weight excluding hydrogens is 491 g/mol. The Morgan fingerprint density at radius 2 is 1.32 bits per heavy atom. The summed E-state index contributed by atoms with van der Waals surface area (Å²) in [6, 6.07) is 23.2. The van der Waals surface area contributed by atoms with Crippen molar-refractivity contribution >= 4 is 0 Å². The Morgan fingerprint density at radius 1 is 0.737 bits per heavy atom. The minimum absolute atomic E-state index is 0.103. The van der Waals surface area contributed by atoms with Crippen LogP contribution in [-0.4, -0.2) is 32.3 Å². The number of aryl methyl sites for hydroxylation is 2. The van der Waals surface area contributed by atoms with E-state index in [-0.39, 0.29) is 10.6 Å². The maximum Gasteiger partial charge on any atom is 0.522 e. The van der Waals surface area contributed by atoms with Crippen LogP contribution < -0.4 is 4.74 Å². The van der Waals surface area contributed by atoms with Gasteiger partial charge < -0.3 is 4.74 Å². The van der Waals surface area contributed by atoms with E-state index in [1.807, 2.05) is 57.2 Å². The van der Waals surface area contributed by atoms with Crippen molar-refractivity contribution in [2.75, 3.05) is 7.11 Å². The van der Waals surface area contributed by atoms with Gasteiger partial charge in [-0.3, -0.25) is 0 Å². The van der Waals surface area contributed by atoms with Crippen molar-refractivity contribution in [2.24, 2.45) is 0 Å². The zero-order chi connectivity index (χ0) is 27.0. The first-order valence-corrected chi connectivity index (χ1v) is 11.9. The molecule has 0 aliphatic rings. The van der Waals surface area contributed by atoms with Crippen LogP contribution in [0.1, 0.15) is 16.8 Å². The largest absolute Gasteiger partial charge is 0.522 e. The van der Waals surface area contributed by atoms with E-state index < -0.39 is 6.30 Å². The molecule has 6 nitrogen and oxygen atoms in total. The Balaban J connectivity index is 1.61. The Morgan fingerprint density at radius 3 is 1.92 bits per heavy atom. The van der Waals surface area contributed by atoms with Gasteiger partial charge in [-0.25, -0.2) is 4.98 Å². The highest BCUT2D eigenvalue weighted by molar-refractivity contribution is 5.89. The Labute approximate surface area is 217 Å². The molecule has 5 aromatic rings. The summed E-state index contributed by atoms with van der Waals surface area (Å²) in [4.78, 5) is 4.35. The van der Waals surface area contributed by atoms with Crippen molar-refractivity contribution < 1.29 is 17.9 Å². The number of methoxy groups -OCH3 is 1. The van der Waals surface area contributed by atoms with Crippen molar-refractivity contribution in [1.29, 1.82) is 0 Å². The van der Waals surface area contributed by atoms with Crippen molar-refractivity contribution in [3.8, 4) is 50.6 Å². The highest BCUT2D eigenvalue weighted by Gasteiger charge is 2.34. The highest BCUT2D eigenvalue weighted by Crippen LogP contribution is 2.41. The Kier molecular flexibility index (Phi) is 6.44. The van der Waals surface area contributed by atoms with Gasteiger partial charge in [-0.2, -0.15) is 0 Å². The van der Waals surface area contributed by atoms with Gasteiger partial charge in [-0.1, -0.05) is 83.2 Å². The van der Waals surface area contributed by atoms with Crippen LogP contribution >= 0.6 is 0 Å². The lowest BCUT2D eigenvalue weighted by molar-refractivity contribution is -0.222. The normalized spacial score (nSPS) is 11.6. The molecule has 0 spiro atoms. The van der Waals surface area contributed by atoms with E-state index in [0.717, 1.165) is 39.1 Å². The first-order chi connectivity index (χ1) is 18.2. The number of hydrogen-bond acceptors (Lipinski definition) is 5. The number of hydrogen-bond donors (Lipinski definition) is 0. The lowest BCUT2D eigenvalue weighted by Gasteiger charge is -2.19. The van der Waals surface area contributed by atoms with Crippen molar-refractivity contribution in [1.82, 2.24) is 25.2 Å². The summed E-state index contributed by atoms with van der Waals surface area (Å²) in [6.45, 7) is 5.99. The summed E-state index contributed by atoms with van der Waals surface area (Å²) in [5.41, 5.74) is 8.91. The maximum absolute atomic E-state index is 13.0. The van der Waals surface area contributed by atoms with Gasteiger partial charge in [-0.15, -0.1) is 23.4 Å². The molecule has 0 aliphatic carbocycles. The van der Waals surface area contributed by atoms with E-state index in [0.29, 0.717) is 17.0 Å². The van der Waals surface area contributed by atoms with E-state index in [2.05, 4.69) is 44.7 Å². The van der Waals surface area contributed by atoms with E-state index in [9.17, 15) is 13.2 Å². The van der Waals surface area contributed by atoms with Crippen molar-refractivity contribution in [3.63, 3.8) is 0 Å². The second-order valence-electron chi connectivity index (χ2n) is 8.94. The maximum atomic E-state index is 13.0. The fourth-order valence-corrected chi connectivity index (χ4v) is 4.58. The minimum Gasteiger partial charge on any atom is -0.481 e. The molecular formula is C29H24F3N5O. The van der Waals surface area contributed by atoms with Gasteiger partial charge in [-0.05, 0) is 53.8 Å². The van der Waals surface area contributed by atoms with E-state index in [1.54, 1.807) is 19.2 Å². The summed E-state index contributed by atoms with van der Waals surface area (Å²) in [6.07, 6.45) is -4.74. The fraction of sp³-hybridized carbons (Fsp3) is 0.172. The average Bonchev–Trinajstić information content (AvgIpc) is 3.42. The standard InChI is InChI=1S/C29H24F3N5O/c1-17-9-11-22(12-10-17)26-19(3)33-28(38-4)18(2)25(26)21-15-13-20(14-16-21)23-7-5-6-8-24(23)27-34-36-37(35-27)29(30,31)32/h5-16H,1-4H3. The molecule has 0 saturated carbocycles. The number of pyridine rings is 1. The monoisotopic (exact) mass is 515 g/mol. The number of nitrogens with zero attached hydrogens (tertiary/aromatic N) is 5. The molecule has 0 saturated heterocycles. The van der Waals surface area contributed by atoms with Crippen LogP contribution in [0.4, 0.5) is 13.2 Å². The van der Waals surface area contributed by atoms with E-state index in [1.165, 1.54) is 5.56 Å². The predicted octanol–water partition coefficient (Wildman–Crippen LogP) is 7.15. The highest BCUT2D eigenvalue weighted by atomic mass is 19.4. The number of rotatable bonds is 5. The number of halogens is 3. The lowest BCUT2D eigenvalue weighted by Crippen LogP contribution is -2.19. The molecule has 38 heavy (non-hydrogen) atoms. The number of aromatic nitrogens is 5. The van der Waals surface area contributed by atoms with Crippen LogP contribution in [0.2, 0.25) is 0 Å². The number of alkyl halides is 3. The molecule has 0 unspecified atom stereocenters. The molecule has 5 rings (SSSR count). The molecule has 3 aromatic carbocycles. The third kappa shape index (κ3) is 4.63. The summed E-state index contributed by atoms with van der Waals surface area (Å²) in [5, 5.41) is 10.3. The van der Waals surface area contributed by atoms with Gasteiger partial charge in [0.2, 0.25) is 11.7 Å². The molecule has 2 aromatic heterocycles. The summed E-state index contributed by atoms with van der Waals surface area (Å²) in [7, 11) is 1.60. The van der Waals surface area contributed by atoms with Gasteiger partial charge in [0.05, 0.1) is 7.11 Å². The molecule has 0 N–H and O–H groups in total. The first-order valence-electron chi connectivity index (χ1n) is 11.9. The molecule has 9 heteroatoms. The number of ether oxygens (including phenoxy) is 1. The van der Waals surface area contributed by atoms with E-state index in [4.69, 9.17) is 4.74 Å². The van der Waals surface area contributed by atoms with Crippen molar-refractivity contribution in [2.45, 2.75) is 27.1 Å². The first kappa shape index (κ1) is 25.1. The zero-order valence-electron chi connectivity index (χ0n) is 21.2. The lowest BCUT2D eigenvalue weighted by atomic mass is 9.89. The quantitative estimate of drug-likeness (QED) is 0.249. The predicted molar refractivity (Wildman–Crippen MR) is 139 cm³/mol. The topological polar surface area (TPSA) is 65.7 Å². The zero-order valence-corrected chi connectivity index (χ0v) is 21.2. The van der Waals surface area contributed by atoms with Crippen LogP contribution in [0, 0.1) is 20.8 Å². The third-order valence-electron chi connectivity index (χ3n) is 6.40. The molecule has 192 valence electrons. The SMILES string of the molecule is COc1nc(C)c(-c2ccc(C)cc2)c(-c2ccc(-c3ccccc3-c3nnn(C(F)(F)F)n3)cc2)c1C. The molecule has 0 aliphatic heterocycles. The Hall–Kier alpha value is -4.53. The number of benzene rings is 3. The third-order valence-corrected chi connectivity index (χ3v) is 6.40. The second-order valence-corrected chi connectivity index (χ2v) is 8.94. The van der Waals surface area contributed by atoms with Gasteiger partial charge in [0.15, 0.2) is 0 Å². The molecule has 0 radical (unpaired) electrons. The minimum atomic E-state index is -4.74. The smallest absolute Gasteiger partial charge is 0.481 e. The van der Waals surface area contributed by atoms with Crippen LogP contribution in [0.5, 0.6) is 5.88 Å². The summed E-state index contributed by atoms with van der Waals surface area (Å²) in [5.74, 6) is 0.454. The van der Waals surface area contributed by atoms with Gasteiger partial charge >= 0.3 is 6.30 Å². The van der Waals surface area contributed by atoms with Crippen LogP contribution in [0.3, 0.4) is 0 Å². The average molecular weight is 516 g/mol.